The van der Waals surface area contributed by atoms with E-state index in [0.29, 0.717) is 26.2 Å². The van der Waals surface area contributed by atoms with Gasteiger partial charge in [0.05, 0.1) is 11.4 Å². The molecule has 0 saturated carbocycles. The van der Waals surface area contributed by atoms with Gasteiger partial charge in [0.2, 0.25) is 0 Å². The van der Waals surface area contributed by atoms with Gasteiger partial charge in [0, 0.05) is 40.3 Å². The number of rotatable bonds is 2. The molecular formula is C18H28N4O3. The number of piperazine rings is 1. The predicted octanol–water partition coefficient (Wildman–Crippen LogP) is 2.84. The van der Waals surface area contributed by atoms with Crippen molar-refractivity contribution in [2.24, 2.45) is 0 Å². The summed E-state index contributed by atoms with van der Waals surface area (Å²) in [5.74, 6) is 0. The number of anilines is 2. The van der Waals surface area contributed by atoms with Crippen LogP contribution >= 0.6 is 0 Å². The molecule has 1 fully saturated rings. The molecule has 7 nitrogen and oxygen atoms in total. The van der Waals surface area contributed by atoms with Crippen LogP contribution in [0, 0.1) is 0 Å². The second-order valence-electron chi connectivity index (χ2n) is 7.30. The third-order valence-electron chi connectivity index (χ3n) is 3.82. The van der Waals surface area contributed by atoms with Crippen molar-refractivity contribution in [1.29, 1.82) is 0 Å². The van der Waals surface area contributed by atoms with Gasteiger partial charge in [0.25, 0.3) is 0 Å². The minimum absolute atomic E-state index is 0.167. The van der Waals surface area contributed by atoms with Crippen molar-refractivity contribution in [2.75, 3.05) is 50.5 Å². The fourth-order valence-electron chi connectivity index (χ4n) is 2.54. The quantitative estimate of drug-likeness (QED) is 0.892. The lowest BCUT2D eigenvalue weighted by molar-refractivity contribution is 0.0240. The van der Waals surface area contributed by atoms with Gasteiger partial charge in [-0.05, 0) is 32.9 Å². The van der Waals surface area contributed by atoms with E-state index in [4.69, 9.17) is 4.74 Å². The van der Waals surface area contributed by atoms with Crippen molar-refractivity contribution in [3.05, 3.63) is 24.3 Å². The van der Waals surface area contributed by atoms with Gasteiger partial charge in [-0.15, -0.1) is 0 Å². The monoisotopic (exact) mass is 348 g/mol. The normalized spacial score (nSPS) is 14.9. The molecule has 2 rings (SSSR count). The van der Waals surface area contributed by atoms with Crippen molar-refractivity contribution >= 4 is 23.5 Å². The van der Waals surface area contributed by atoms with Gasteiger partial charge in [0.15, 0.2) is 0 Å². The lowest BCUT2D eigenvalue weighted by Gasteiger charge is -2.37. The molecule has 0 unspecified atom stereocenters. The second-order valence-corrected chi connectivity index (χ2v) is 7.30. The molecule has 138 valence electrons. The van der Waals surface area contributed by atoms with Gasteiger partial charge < -0.3 is 24.8 Å². The van der Waals surface area contributed by atoms with Crippen LogP contribution in [0.25, 0.3) is 0 Å². The summed E-state index contributed by atoms with van der Waals surface area (Å²) in [5, 5.41) is 2.91. The SMILES string of the molecule is CN(C)C(=O)Nc1ccccc1N1CCN(C(=O)OC(C)(C)C)CC1. The Morgan fingerprint density at radius 2 is 1.68 bits per heavy atom. The first kappa shape index (κ1) is 18.9. The molecule has 25 heavy (non-hydrogen) atoms. The molecule has 1 N–H and O–H groups in total. The van der Waals surface area contributed by atoms with Crippen LogP contribution in [-0.2, 0) is 4.74 Å². The summed E-state index contributed by atoms with van der Waals surface area (Å²) in [4.78, 5) is 29.5. The van der Waals surface area contributed by atoms with Crippen LogP contribution in [0.4, 0.5) is 21.0 Å². The van der Waals surface area contributed by atoms with Crippen LogP contribution in [0.1, 0.15) is 20.8 Å². The Bertz CT molecular complexity index is 617. The van der Waals surface area contributed by atoms with Crippen molar-refractivity contribution < 1.29 is 14.3 Å². The lowest BCUT2D eigenvalue weighted by Crippen LogP contribution is -2.50. The van der Waals surface area contributed by atoms with Gasteiger partial charge in [-0.25, -0.2) is 9.59 Å². The zero-order valence-corrected chi connectivity index (χ0v) is 15.7. The molecule has 0 radical (unpaired) electrons. The number of nitrogens with one attached hydrogen (secondary N) is 1. The summed E-state index contributed by atoms with van der Waals surface area (Å²) < 4.78 is 5.43. The molecular weight excluding hydrogens is 320 g/mol. The Labute approximate surface area is 149 Å². The maximum atomic E-state index is 12.2. The summed E-state index contributed by atoms with van der Waals surface area (Å²) in [5.41, 5.74) is 1.24. The van der Waals surface area contributed by atoms with Crippen LogP contribution < -0.4 is 10.2 Å². The Morgan fingerprint density at radius 1 is 1.08 bits per heavy atom. The number of carbonyl (C=O) groups excluding carboxylic acids is 2. The van der Waals surface area contributed by atoms with E-state index in [1.165, 1.54) is 4.90 Å². The summed E-state index contributed by atoms with van der Waals surface area (Å²) >= 11 is 0. The first-order valence-electron chi connectivity index (χ1n) is 8.47. The molecule has 0 atom stereocenters. The minimum Gasteiger partial charge on any atom is -0.444 e. The number of carbonyl (C=O) groups is 2. The Balaban J connectivity index is 2.01. The molecule has 1 aliphatic rings. The van der Waals surface area contributed by atoms with E-state index >= 15 is 0 Å². The standard InChI is InChI=1S/C18H28N4O3/c1-18(2,3)25-17(24)22-12-10-21(11-13-22)15-9-7-6-8-14(15)19-16(23)20(4)5/h6-9H,10-13H2,1-5H3,(H,19,23). The van der Waals surface area contributed by atoms with Crippen LogP contribution in [0.5, 0.6) is 0 Å². The molecule has 1 saturated heterocycles. The summed E-state index contributed by atoms with van der Waals surface area (Å²) in [6, 6.07) is 7.54. The number of benzene rings is 1. The largest absolute Gasteiger partial charge is 0.444 e. The summed E-state index contributed by atoms with van der Waals surface area (Å²) in [6.07, 6.45) is -0.277. The number of ether oxygens (including phenoxy) is 1. The van der Waals surface area contributed by atoms with E-state index in [0.717, 1.165) is 11.4 Å². The summed E-state index contributed by atoms with van der Waals surface area (Å²) in [7, 11) is 3.41. The number of hydrogen-bond acceptors (Lipinski definition) is 4. The Morgan fingerprint density at radius 3 is 2.24 bits per heavy atom. The van der Waals surface area contributed by atoms with Crippen LogP contribution in [0.2, 0.25) is 0 Å². The molecule has 0 spiro atoms. The molecule has 3 amide bonds. The fraction of sp³-hybridized carbons (Fsp3) is 0.556. The maximum Gasteiger partial charge on any atom is 0.410 e. The topological polar surface area (TPSA) is 65.1 Å². The Hall–Kier alpha value is -2.44. The highest BCUT2D eigenvalue weighted by Crippen LogP contribution is 2.27. The van der Waals surface area contributed by atoms with Crippen LogP contribution in [0.15, 0.2) is 24.3 Å². The predicted molar refractivity (Wildman–Crippen MR) is 99.2 cm³/mol. The number of amides is 3. The molecule has 0 bridgehead atoms. The number of nitrogens with zero attached hydrogens (tertiary/aromatic N) is 3. The zero-order valence-electron chi connectivity index (χ0n) is 15.7. The fourth-order valence-corrected chi connectivity index (χ4v) is 2.54. The highest BCUT2D eigenvalue weighted by atomic mass is 16.6. The van der Waals surface area contributed by atoms with Gasteiger partial charge >= 0.3 is 12.1 Å². The molecule has 7 heteroatoms. The smallest absolute Gasteiger partial charge is 0.410 e. The molecule has 0 aromatic heterocycles. The van der Waals surface area contributed by atoms with Gasteiger partial charge in [0.1, 0.15) is 5.60 Å². The van der Waals surface area contributed by atoms with E-state index in [-0.39, 0.29) is 12.1 Å². The van der Waals surface area contributed by atoms with Gasteiger partial charge in [-0.3, -0.25) is 0 Å². The molecule has 1 aromatic carbocycles. The van der Waals surface area contributed by atoms with E-state index in [9.17, 15) is 9.59 Å². The zero-order chi connectivity index (χ0) is 18.6. The number of urea groups is 1. The molecule has 1 heterocycles. The average molecular weight is 348 g/mol. The van der Waals surface area contributed by atoms with E-state index in [1.807, 2.05) is 45.0 Å². The first-order valence-corrected chi connectivity index (χ1v) is 8.47. The van der Waals surface area contributed by atoms with Gasteiger partial charge in [-0.2, -0.15) is 0 Å². The average Bonchev–Trinajstić information content (AvgIpc) is 2.54. The maximum absolute atomic E-state index is 12.2. The van der Waals surface area contributed by atoms with Crippen molar-refractivity contribution in [1.82, 2.24) is 9.80 Å². The second kappa shape index (κ2) is 7.63. The van der Waals surface area contributed by atoms with E-state index < -0.39 is 5.60 Å². The van der Waals surface area contributed by atoms with Gasteiger partial charge in [-0.1, -0.05) is 12.1 Å². The highest BCUT2D eigenvalue weighted by molar-refractivity contribution is 5.93. The van der Waals surface area contributed by atoms with E-state index in [1.54, 1.807) is 19.0 Å². The van der Waals surface area contributed by atoms with Crippen molar-refractivity contribution in [3.63, 3.8) is 0 Å². The molecule has 1 aromatic rings. The Kier molecular flexibility index (Phi) is 5.77. The van der Waals surface area contributed by atoms with E-state index in [2.05, 4.69) is 10.2 Å². The third kappa shape index (κ3) is 5.27. The third-order valence-corrected chi connectivity index (χ3v) is 3.82. The van der Waals surface area contributed by atoms with Crippen molar-refractivity contribution in [2.45, 2.75) is 26.4 Å². The highest BCUT2D eigenvalue weighted by Gasteiger charge is 2.26. The molecule has 0 aliphatic carbocycles. The summed E-state index contributed by atoms with van der Waals surface area (Å²) in [6.45, 7) is 8.15. The minimum atomic E-state index is -0.489. The number of hydrogen-bond donors (Lipinski definition) is 1. The first-order chi connectivity index (χ1) is 11.7. The van der Waals surface area contributed by atoms with Crippen LogP contribution in [0.3, 0.4) is 0 Å². The van der Waals surface area contributed by atoms with Crippen molar-refractivity contribution in [3.8, 4) is 0 Å². The van der Waals surface area contributed by atoms with Crippen LogP contribution in [-0.4, -0.2) is 67.8 Å². The number of para-hydroxylation sites is 2. The lowest BCUT2D eigenvalue weighted by atomic mass is 10.2. The molecule has 1 aliphatic heterocycles.